The van der Waals surface area contributed by atoms with Crippen molar-refractivity contribution in [1.29, 1.82) is 0 Å². The summed E-state index contributed by atoms with van der Waals surface area (Å²) in [5.74, 6) is 1.11. The maximum Gasteiger partial charge on any atom is 0.180 e. The van der Waals surface area contributed by atoms with Crippen LogP contribution in [0.2, 0.25) is 0 Å². The van der Waals surface area contributed by atoms with Crippen LogP contribution in [-0.4, -0.2) is 14.4 Å². The van der Waals surface area contributed by atoms with Crippen molar-refractivity contribution in [2.75, 3.05) is 11.1 Å². The first-order valence-electron chi connectivity index (χ1n) is 6.13. The number of rotatable bonds is 2. The third-order valence-electron chi connectivity index (χ3n) is 3.11. The maximum absolute atomic E-state index is 5.81. The third-order valence-corrected chi connectivity index (χ3v) is 4.01. The standard InChI is InChI=1S/C14H11N5S/c15-12-8-19-5-4-16-14(19)13(18-12)17-10-1-2-11-9(7-10)3-6-20-11/h1-8H,15H2,(H,17,18). The lowest BCUT2D eigenvalue weighted by molar-refractivity contribution is 1.14. The van der Waals surface area contributed by atoms with Crippen molar-refractivity contribution in [3.63, 3.8) is 0 Å². The molecule has 4 rings (SSSR count). The summed E-state index contributed by atoms with van der Waals surface area (Å²) < 4.78 is 3.12. The molecule has 20 heavy (non-hydrogen) atoms. The molecule has 0 aliphatic rings. The number of fused-ring (bicyclic) bond motifs is 2. The largest absolute Gasteiger partial charge is 0.382 e. The highest BCUT2D eigenvalue weighted by atomic mass is 32.1. The Kier molecular flexibility index (Phi) is 2.37. The molecule has 0 unspecified atom stereocenters. The van der Waals surface area contributed by atoms with Crippen LogP contribution in [0.5, 0.6) is 0 Å². The fourth-order valence-electron chi connectivity index (χ4n) is 2.22. The predicted molar refractivity (Wildman–Crippen MR) is 82.5 cm³/mol. The van der Waals surface area contributed by atoms with Crippen molar-refractivity contribution < 1.29 is 0 Å². The SMILES string of the molecule is Nc1cn2ccnc2c(Nc2ccc3sccc3c2)n1. The first-order chi connectivity index (χ1) is 9.79. The number of anilines is 3. The molecule has 0 spiro atoms. The van der Waals surface area contributed by atoms with Crippen LogP contribution in [0.25, 0.3) is 15.7 Å². The van der Waals surface area contributed by atoms with E-state index in [2.05, 4.69) is 38.9 Å². The van der Waals surface area contributed by atoms with Gasteiger partial charge < -0.3 is 15.5 Å². The molecule has 0 saturated heterocycles. The van der Waals surface area contributed by atoms with Crippen LogP contribution < -0.4 is 11.1 Å². The first kappa shape index (κ1) is 11.2. The highest BCUT2D eigenvalue weighted by Crippen LogP contribution is 2.26. The molecule has 98 valence electrons. The Hall–Kier alpha value is -2.60. The molecule has 6 heteroatoms. The first-order valence-corrected chi connectivity index (χ1v) is 7.01. The van der Waals surface area contributed by atoms with Crippen molar-refractivity contribution in [1.82, 2.24) is 14.4 Å². The molecule has 0 aliphatic carbocycles. The van der Waals surface area contributed by atoms with Crippen molar-refractivity contribution in [3.8, 4) is 0 Å². The van der Waals surface area contributed by atoms with Crippen molar-refractivity contribution in [2.45, 2.75) is 0 Å². The van der Waals surface area contributed by atoms with Crippen molar-refractivity contribution >= 4 is 44.4 Å². The lowest BCUT2D eigenvalue weighted by atomic mass is 10.2. The minimum absolute atomic E-state index is 0.453. The summed E-state index contributed by atoms with van der Waals surface area (Å²) >= 11 is 1.73. The number of nitrogens with one attached hydrogen (secondary N) is 1. The molecule has 0 aliphatic heterocycles. The van der Waals surface area contributed by atoms with Crippen LogP contribution >= 0.6 is 11.3 Å². The molecule has 0 atom stereocenters. The van der Waals surface area contributed by atoms with Gasteiger partial charge in [0.1, 0.15) is 5.82 Å². The molecule has 1 aromatic carbocycles. The molecule has 0 fully saturated rings. The van der Waals surface area contributed by atoms with E-state index < -0.39 is 0 Å². The molecule has 0 bridgehead atoms. The number of hydrogen-bond acceptors (Lipinski definition) is 5. The van der Waals surface area contributed by atoms with E-state index in [0.717, 1.165) is 11.3 Å². The lowest BCUT2D eigenvalue weighted by Crippen LogP contribution is -2.01. The summed E-state index contributed by atoms with van der Waals surface area (Å²) in [7, 11) is 0. The van der Waals surface area contributed by atoms with E-state index >= 15 is 0 Å². The summed E-state index contributed by atoms with van der Waals surface area (Å²) in [6.45, 7) is 0. The molecule has 0 radical (unpaired) electrons. The van der Waals surface area contributed by atoms with E-state index in [1.54, 1.807) is 23.7 Å². The molecule has 0 amide bonds. The van der Waals surface area contributed by atoms with Crippen LogP contribution in [0.3, 0.4) is 0 Å². The lowest BCUT2D eigenvalue weighted by Gasteiger charge is -2.08. The Morgan fingerprint density at radius 3 is 3.15 bits per heavy atom. The quantitative estimate of drug-likeness (QED) is 0.591. The normalized spacial score (nSPS) is 11.2. The highest BCUT2D eigenvalue weighted by molar-refractivity contribution is 7.17. The molecular weight excluding hydrogens is 270 g/mol. The fourth-order valence-corrected chi connectivity index (χ4v) is 2.99. The second-order valence-corrected chi connectivity index (χ2v) is 5.42. The minimum Gasteiger partial charge on any atom is -0.382 e. The number of imidazole rings is 1. The Morgan fingerprint density at radius 1 is 1.25 bits per heavy atom. The number of nitrogen functional groups attached to an aromatic ring is 1. The smallest absolute Gasteiger partial charge is 0.180 e. The number of aromatic nitrogens is 3. The van der Waals surface area contributed by atoms with Gasteiger partial charge in [-0.15, -0.1) is 11.3 Å². The van der Waals surface area contributed by atoms with Gasteiger partial charge in [0.05, 0.1) is 6.20 Å². The average molecular weight is 281 g/mol. The van der Waals surface area contributed by atoms with Gasteiger partial charge in [-0.2, -0.15) is 0 Å². The average Bonchev–Trinajstić information content (AvgIpc) is 3.05. The van der Waals surface area contributed by atoms with Crippen LogP contribution in [0.1, 0.15) is 0 Å². The van der Waals surface area contributed by atoms with Gasteiger partial charge in [0.15, 0.2) is 11.5 Å². The molecule has 4 aromatic rings. The number of benzene rings is 1. The Balaban J connectivity index is 1.81. The van der Waals surface area contributed by atoms with Gasteiger partial charge in [0.2, 0.25) is 0 Å². The summed E-state index contributed by atoms with van der Waals surface area (Å²) in [4.78, 5) is 8.62. The van der Waals surface area contributed by atoms with Gasteiger partial charge in [0.25, 0.3) is 0 Å². The van der Waals surface area contributed by atoms with Gasteiger partial charge >= 0.3 is 0 Å². The predicted octanol–water partition coefficient (Wildman–Crippen LogP) is 3.27. The zero-order valence-corrected chi connectivity index (χ0v) is 11.3. The van der Waals surface area contributed by atoms with Gasteiger partial charge in [-0.25, -0.2) is 9.97 Å². The molecule has 3 heterocycles. The van der Waals surface area contributed by atoms with E-state index in [1.807, 2.05) is 16.7 Å². The van der Waals surface area contributed by atoms with Crippen molar-refractivity contribution in [3.05, 3.63) is 48.2 Å². The number of hydrogen-bond donors (Lipinski definition) is 2. The van der Waals surface area contributed by atoms with Gasteiger partial charge in [-0.1, -0.05) is 0 Å². The number of nitrogens with zero attached hydrogens (tertiary/aromatic N) is 3. The number of nitrogens with two attached hydrogens (primary N) is 1. The zero-order chi connectivity index (χ0) is 13.5. The Morgan fingerprint density at radius 2 is 2.20 bits per heavy atom. The van der Waals surface area contributed by atoms with E-state index in [1.165, 1.54) is 10.1 Å². The highest BCUT2D eigenvalue weighted by Gasteiger charge is 2.07. The van der Waals surface area contributed by atoms with E-state index in [-0.39, 0.29) is 0 Å². The summed E-state index contributed by atoms with van der Waals surface area (Å²) in [6.07, 6.45) is 5.32. The maximum atomic E-state index is 5.81. The van der Waals surface area contributed by atoms with Gasteiger partial charge in [-0.3, -0.25) is 0 Å². The fraction of sp³-hybridized carbons (Fsp3) is 0. The summed E-state index contributed by atoms with van der Waals surface area (Å²) in [5, 5.41) is 6.58. The number of thiophene rings is 1. The van der Waals surface area contributed by atoms with Crippen LogP contribution in [0.15, 0.2) is 48.2 Å². The summed E-state index contributed by atoms with van der Waals surface area (Å²) in [5.41, 5.74) is 7.54. The Bertz CT molecular complexity index is 908. The minimum atomic E-state index is 0.453. The molecule has 0 saturated carbocycles. The molecule has 5 nitrogen and oxygen atoms in total. The van der Waals surface area contributed by atoms with E-state index in [0.29, 0.717) is 11.6 Å². The molecule has 3 N–H and O–H groups in total. The third kappa shape index (κ3) is 1.78. The van der Waals surface area contributed by atoms with Gasteiger partial charge in [-0.05, 0) is 35.0 Å². The van der Waals surface area contributed by atoms with Gasteiger partial charge in [0, 0.05) is 22.8 Å². The van der Waals surface area contributed by atoms with E-state index in [4.69, 9.17) is 5.73 Å². The molecular formula is C14H11N5S. The second kappa shape index (κ2) is 4.21. The topological polar surface area (TPSA) is 68.2 Å². The van der Waals surface area contributed by atoms with Crippen LogP contribution in [0.4, 0.5) is 17.3 Å². The van der Waals surface area contributed by atoms with Crippen LogP contribution in [0, 0.1) is 0 Å². The zero-order valence-electron chi connectivity index (χ0n) is 10.4. The van der Waals surface area contributed by atoms with E-state index in [9.17, 15) is 0 Å². The second-order valence-electron chi connectivity index (χ2n) is 4.47. The summed E-state index contributed by atoms with van der Waals surface area (Å²) in [6, 6.07) is 8.32. The van der Waals surface area contributed by atoms with Crippen molar-refractivity contribution in [2.24, 2.45) is 0 Å². The Labute approximate surface area is 118 Å². The molecule has 3 aromatic heterocycles. The van der Waals surface area contributed by atoms with Crippen LogP contribution in [-0.2, 0) is 0 Å². The monoisotopic (exact) mass is 281 g/mol.